The van der Waals surface area contributed by atoms with Gasteiger partial charge in [0.1, 0.15) is 0 Å². The van der Waals surface area contributed by atoms with Gasteiger partial charge in [0.2, 0.25) is 17.7 Å². The van der Waals surface area contributed by atoms with Crippen molar-refractivity contribution in [2.45, 2.75) is 20.4 Å². The van der Waals surface area contributed by atoms with E-state index >= 15 is 0 Å². The molecule has 1 saturated heterocycles. The summed E-state index contributed by atoms with van der Waals surface area (Å²) < 4.78 is 5.78. The number of nitrogens with zero attached hydrogens (tertiary/aromatic N) is 5. The second-order valence-electron chi connectivity index (χ2n) is 6.60. The molecule has 0 spiro atoms. The molecule has 0 unspecified atom stereocenters. The fourth-order valence-electron chi connectivity index (χ4n) is 3.23. The van der Waals surface area contributed by atoms with Gasteiger partial charge in [-0.3, -0.25) is 14.6 Å². The molecule has 1 aliphatic heterocycles. The van der Waals surface area contributed by atoms with Crippen molar-refractivity contribution in [1.29, 1.82) is 0 Å². The van der Waals surface area contributed by atoms with Gasteiger partial charge in [-0.05, 0) is 26.0 Å². The van der Waals surface area contributed by atoms with Crippen molar-refractivity contribution in [2.24, 2.45) is 0 Å². The zero-order chi connectivity index (χ0) is 19.2. The molecule has 0 saturated carbocycles. The van der Waals surface area contributed by atoms with Crippen LogP contribution in [0.15, 0.2) is 28.7 Å². The summed E-state index contributed by atoms with van der Waals surface area (Å²) in [4.78, 5) is 18.6. The molecule has 8 heteroatoms. The summed E-state index contributed by atoms with van der Waals surface area (Å²) in [6.45, 7) is 10.1. The molecule has 3 rings (SSSR count). The summed E-state index contributed by atoms with van der Waals surface area (Å²) in [5.74, 6) is 1.23. The van der Waals surface area contributed by atoms with Crippen molar-refractivity contribution in [3.63, 3.8) is 0 Å². The minimum absolute atomic E-state index is 0.203. The monoisotopic (exact) mass is 391 g/mol. The number of likely N-dealkylation sites (N-methyl/N-ethyl adjacent to an activating group) is 1. The Labute approximate surface area is 164 Å². The molecule has 1 aromatic carbocycles. The highest BCUT2D eigenvalue weighted by Crippen LogP contribution is 2.26. The van der Waals surface area contributed by atoms with E-state index in [1.54, 1.807) is 6.07 Å². The molecule has 0 N–H and O–H groups in total. The Bertz CT molecular complexity index is 754. The average Bonchev–Trinajstić information content (AvgIpc) is 3.13. The molecule has 146 valence electrons. The van der Waals surface area contributed by atoms with Gasteiger partial charge in [0.25, 0.3) is 0 Å². The molecule has 0 bridgehead atoms. The Balaban J connectivity index is 1.50. The number of aromatic nitrogens is 2. The zero-order valence-corrected chi connectivity index (χ0v) is 16.7. The van der Waals surface area contributed by atoms with Gasteiger partial charge in [0.05, 0.1) is 23.7 Å². The van der Waals surface area contributed by atoms with Crippen LogP contribution in [0.3, 0.4) is 0 Å². The Morgan fingerprint density at radius 1 is 1.11 bits per heavy atom. The molecule has 2 aromatic rings. The van der Waals surface area contributed by atoms with Gasteiger partial charge >= 0.3 is 0 Å². The first-order chi connectivity index (χ1) is 13.1. The van der Waals surface area contributed by atoms with Crippen LogP contribution in [-0.2, 0) is 11.3 Å². The van der Waals surface area contributed by atoms with Crippen molar-refractivity contribution < 1.29 is 9.21 Å². The Kier molecular flexibility index (Phi) is 6.82. The molecule has 1 amide bonds. The number of carbonyl (C=O) groups excluding carboxylic acids is 1. The predicted octanol–water partition coefficient (Wildman–Crippen LogP) is 2.38. The molecule has 1 aromatic heterocycles. The first kappa shape index (κ1) is 19.8. The lowest BCUT2D eigenvalue weighted by Crippen LogP contribution is -2.49. The molecule has 1 fully saturated rings. The molecule has 0 aliphatic carbocycles. The van der Waals surface area contributed by atoms with Crippen LogP contribution >= 0.6 is 11.6 Å². The molecular formula is C19H26ClN5O2. The summed E-state index contributed by atoms with van der Waals surface area (Å²) in [6, 6.07) is 7.43. The molecular weight excluding hydrogens is 366 g/mol. The summed E-state index contributed by atoms with van der Waals surface area (Å²) in [5, 5.41) is 8.86. The number of benzene rings is 1. The maximum Gasteiger partial charge on any atom is 0.249 e. The van der Waals surface area contributed by atoms with Gasteiger partial charge in [-0.2, -0.15) is 0 Å². The smallest absolute Gasteiger partial charge is 0.249 e. The average molecular weight is 392 g/mol. The van der Waals surface area contributed by atoms with Crippen LogP contribution in [0.1, 0.15) is 19.7 Å². The lowest BCUT2D eigenvalue weighted by Gasteiger charge is -2.34. The fraction of sp³-hybridized carbons (Fsp3) is 0.526. The van der Waals surface area contributed by atoms with E-state index in [0.717, 1.165) is 44.8 Å². The summed E-state index contributed by atoms with van der Waals surface area (Å²) >= 11 is 6.19. The van der Waals surface area contributed by atoms with Gasteiger partial charge in [-0.1, -0.05) is 23.7 Å². The first-order valence-electron chi connectivity index (χ1n) is 9.40. The number of piperazine rings is 1. The quantitative estimate of drug-likeness (QED) is 0.722. The molecule has 7 nitrogen and oxygen atoms in total. The van der Waals surface area contributed by atoms with Crippen LogP contribution in [0.4, 0.5) is 0 Å². The third-order valence-corrected chi connectivity index (χ3v) is 5.20. The SMILES string of the molecule is CCN(CC)C(=O)CN1CCN(Cc2nnc(-c3ccccc3Cl)o2)CC1. The highest BCUT2D eigenvalue weighted by atomic mass is 35.5. The van der Waals surface area contributed by atoms with Crippen LogP contribution < -0.4 is 0 Å². The second-order valence-corrected chi connectivity index (χ2v) is 7.01. The van der Waals surface area contributed by atoms with Crippen molar-refractivity contribution in [2.75, 3.05) is 45.8 Å². The van der Waals surface area contributed by atoms with E-state index in [0.29, 0.717) is 29.9 Å². The van der Waals surface area contributed by atoms with Gasteiger partial charge in [-0.15, -0.1) is 10.2 Å². The largest absolute Gasteiger partial charge is 0.419 e. The first-order valence-corrected chi connectivity index (χ1v) is 9.78. The van der Waals surface area contributed by atoms with Gasteiger partial charge in [-0.25, -0.2) is 0 Å². The highest BCUT2D eigenvalue weighted by Gasteiger charge is 2.22. The third kappa shape index (κ3) is 5.06. The Hall–Kier alpha value is -1.96. The molecule has 2 heterocycles. The minimum Gasteiger partial charge on any atom is -0.419 e. The normalized spacial score (nSPS) is 15.8. The number of carbonyl (C=O) groups is 1. The van der Waals surface area contributed by atoms with Crippen molar-refractivity contribution in [3.8, 4) is 11.5 Å². The van der Waals surface area contributed by atoms with E-state index in [2.05, 4.69) is 20.0 Å². The lowest BCUT2D eigenvalue weighted by molar-refractivity contribution is -0.132. The summed E-state index contributed by atoms with van der Waals surface area (Å²) in [5.41, 5.74) is 0.748. The molecule has 0 atom stereocenters. The van der Waals surface area contributed by atoms with E-state index in [9.17, 15) is 4.79 Å². The van der Waals surface area contributed by atoms with Crippen LogP contribution in [0.5, 0.6) is 0 Å². The topological polar surface area (TPSA) is 65.7 Å². The van der Waals surface area contributed by atoms with Gasteiger partial charge < -0.3 is 9.32 Å². The maximum atomic E-state index is 12.2. The highest BCUT2D eigenvalue weighted by molar-refractivity contribution is 6.33. The van der Waals surface area contributed by atoms with E-state index in [-0.39, 0.29) is 5.91 Å². The molecule has 27 heavy (non-hydrogen) atoms. The number of rotatable bonds is 7. The maximum absolute atomic E-state index is 12.2. The van der Waals surface area contributed by atoms with E-state index in [1.807, 2.05) is 36.9 Å². The van der Waals surface area contributed by atoms with Gasteiger partial charge in [0, 0.05) is 39.3 Å². The van der Waals surface area contributed by atoms with E-state index in [1.165, 1.54) is 0 Å². The van der Waals surface area contributed by atoms with Crippen LogP contribution in [-0.4, -0.2) is 76.6 Å². The number of hydrogen-bond acceptors (Lipinski definition) is 6. The Morgan fingerprint density at radius 3 is 2.44 bits per heavy atom. The van der Waals surface area contributed by atoms with E-state index in [4.69, 9.17) is 16.0 Å². The van der Waals surface area contributed by atoms with E-state index < -0.39 is 0 Å². The van der Waals surface area contributed by atoms with Crippen LogP contribution in [0, 0.1) is 0 Å². The zero-order valence-electron chi connectivity index (χ0n) is 15.9. The summed E-state index contributed by atoms with van der Waals surface area (Å²) in [6.07, 6.45) is 0. The van der Waals surface area contributed by atoms with Crippen LogP contribution in [0.2, 0.25) is 5.02 Å². The van der Waals surface area contributed by atoms with Crippen molar-refractivity contribution >= 4 is 17.5 Å². The molecule has 1 aliphatic rings. The van der Waals surface area contributed by atoms with Gasteiger partial charge in [0.15, 0.2) is 0 Å². The fourth-order valence-corrected chi connectivity index (χ4v) is 3.44. The van der Waals surface area contributed by atoms with Crippen molar-refractivity contribution in [3.05, 3.63) is 35.2 Å². The number of hydrogen-bond donors (Lipinski definition) is 0. The predicted molar refractivity (Wildman–Crippen MR) is 104 cm³/mol. The third-order valence-electron chi connectivity index (χ3n) is 4.87. The van der Waals surface area contributed by atoms with Crippen LogP contribution in [0.25, 0.3) is 11.5 Å². The number of amides is 1. The summed E-state index contributed by atoms with van der Waals surface area (Å²) in [7, 11) is 0. The number of halogens is 1. The Morgan fingerprint density at radius 2 is 1.78 bits per heavy atom. The minimum atomic E-state index is 0.203. The molecule has 0 radical (unpaired) electrons. The standard InChI is InChI=1S/C19H26ClN5O2/c1-3-25(4-2)18(26)14-24-11-9-23(10-12-24)13-17-21-22-19(27-17)15-7-5-6-8-16(15)20/h5-8H,3-4,9-14H2,1-2H3. The second kappa shape index (κ2) is 9.30. The lowest BCUT2D eigenvalue weighted by atomic mass is 10.2. The van der Waals surface area contributed by atoms with Crippen molar-refractivity contribution in [1.82, 2.24) is 24.9 Å².